The molecule has 4 nitrogen and oxygen atoms in total. The fourth-order valence-corrected chi connectivity index (χ4v) is 0.939. The smallest absolute Gasteiger partial charge is 0.213 e. The van der Waals surface area contributed by atoms with Crippen LogP contribution in [0.3, 0.4) is 0 Å². The van der Waals surface area contributed by atoms with Crippen molar-refractivity contribution in [3.05, 3.63) is 24.1 Å². The average Bonchev–Trinajstić information content (AvgIpc) is 2.20. The van der Waals surface area contributed by atoms with Gasteiger partial charge in [-0.15, -0.1) is 0 Å². The molecule has 0 aliphatic carbocycles. The molecule has 1 aromatic heterocycles. The van der Waals surface area contributed by atoms with E-state index in [0.717, 1.165) is 6.20 Å². The van der Waals surface area contributed by atoms with Gasteiger partial charge in [-0.1, -0.05) is 0 Å². The van der Waals surface area contributed by atoms with E-state index in [9.17, 15) is 4.39 Å². The standard InChI is InChI=1S/C9H13FN2O2/c1-13-6-8(4-11)14-9-3-2-7(10)5-12-9/h2-3,5,8H,4,6,11H2,1H3/t8-/m1/s1. The Morgan fingerprint density at radius 1 is 1.57 bits per heavy atom. The van der Waals surface area contributed by atoms with Gasteiger partial charge in [0.25, 0.3) is 0 Å². The Morgan fingerprint density at radius 3 is 2.86 bits per heavy atom. The highest BCUT2D eigenvalue weighted by Crippen LogP contribution is 2.08. The van der Waals surface area contributed by atoms with Gasteiger partial charge in [-0.2, -0.15) is 0 Å². The van der Waals surface area contributed by atoms with E-state index in [1.165, 1.54) is 12.1 Å². The lowest BCUT2D eigenvalue weighted by molar-refractivity contribution is 0.0828. The van der Waals surface area contributed by atoms with Crippen molar-refractivity contribution in [3.63, 3.8) is 0 Å². The largest absolute Gasteiger partial charge is 0.471 e. The molecule has 1 atom stereocenters. The summed E-state index contributed by atoms with van der Waals surface area (Å²) in [4.78, 5) is 3.74. The van der Waals surface area contributed by atoms with Crippen LogP contribution >= 0.6 is 0 Å². The Hall–Kier alpha value is -1.20. The van der Waals surface area contributed by atoms with E-state index in [-0.39, 0.29) is 6.10 Å². The number of hydrogen-bond acceptors (Lipinski definition) is 4. The number of pyridine rings is 1. The number of rotatable bonds is 5. The second-order valence-electron chi connectivity index (χ2n) is 2.75. The normalized spacial score (nSPS) is 12.5. The maximum Gasteiger partial charge on any atom is 0.213 e. The molecule has 5 heteroatoms. The molecular weight excluding hydrogens is 187 g/mol. The first-order valence-corrected chi connectivity index (χ1v) is 4.23. The van der Waals surface area contributed by atoms with Gasteiger partial charge in [0.15, 0.2) is 0 Å². The first kappa shape index (κ1) is 10.9. The average molecular weight is 200 g/mol. The van der Waals surface area contributed by atoms with Crippen molar-refractivity contribution in [2.75, 3.05) is 20.3 Å². The zero-order chi connectivity index (χ0) is 10.4. The van der Waals surface area contributed by atoms with Gasteiger partial charge in [0.1, 0.15) is 11.9 Å². The summed E-state index contributed by atoms with van der Waals surface area (Å²) in [7, 11) is 1.56. The summed E-state index contributed by atoms with van der Waals surface area (Å²) in [6, 6.07) is 2.73. The van der Waals surface area contributed by atoms with Crippen molar-refractivity contribution >= 4 is 0 Å². The van der Waals surface area contributed by atoms with Gasteiger partial charge in [0, 0.05) is 19.7 Å². The van der Waals surface area contributed by atoms with E-state index in [2.05, 4.69) is 4.98 Å². The Morgan fingerprint density at radius 2 is 2.36 bits per heavy atom. The molecule has 1 aromatic rings. The van der Waals surface area contributed by atoms with E-state index in [1.54, 1.807) is 7.11 Å². The fraction of sp³-hybridized carbons (Fsp3) is 0.444. The number of ether oxygens (including phenoxy) is 2. The summed E-state index contributed by atoms with van der Waals surface area (Å²) >= 11 is 0. The summed E-state index contributed by atoms with van der Waals surface area (Å²) in [6.45, 7) is 0.711. The van der Waals surface area contributed by atoms with Gasteiger partial charge in [-0.05, 0) is 6.07 Å². The lowest BCUT2D eigenvalue weighted by Gasteiger charge is -2.15. The molecule has 0 fully saturated rings. The lowest BCUT2D eigenvalue weighted by atomic mass is 10.4. The van der Waals surface area contributed by atoms with Crippen molar-refractivity contribution in [3.8, 4) is 5.88 Å². The molecule has 0 aliphatic heterocycles. The van der Waals surface area contributed by atoms with E-state index in [1.807, 2.05) is 0 Å². The van der Waals surface area contributed by atoms with Crippen molar-refractivity contribution in [1.29, 1.82) is 0 Å². The van der Waals surface area contributed by atoms with Gasteiger partial charge in [-0.25, -0.2) is 9.37 Å². The number of nitrogens with two attached hydrogens (primary N) is 1. The van der Waals surface area contributed by atoms with Crippen LogP contribution in [0.15, 0.2) is 18.3 Å². The number of hydrogen-bond donors (Lipinski definition) is 1. The Kier molecular flexibility index (Phi) is 4.28. The van der Waals surface area contributed by atoms with Crippen LogP contribution in [0.4, 0.5) is 4.39 Å². The van der Waals surface area contributed by atoms with Crippen molar-refractivity contribution < 1.29 is 13.9 Å². The molecule has 0 aliphatic rings. The summed E-state index contributed by atoms with van der Waals surface area (Å²) in [5.74, 6) is -0.0488. The minimum absolute atomic E-state index is 0.252. The van der Waals surface area contributed by atoms with Gasteiger partial charge >= 0.3 is 0 Å². The van der Waals surface area contributed by atoms with Crippen LogP contribution in [0.2, 0.25) is 0 Å². The van der Waals surface area contributed by atoms with Crippen LogP contribution in [0.1, 0.15) is 0 Å². The van der Waals surface area contributed by atoms with Gasteiger partial charge in [-0.3, -0.25) is 0 Å². The lowest BCUT2D eigenvalue weighted by Crippen LogP contribution is -2.31. The highest BCUT2D eigenvalue weighted by Gasteiger charge is 2.08. The number of methoxy groups -OCH3 is 1. The van der Waals surface area contributed by atoms with Crippen LogP contribution in [-0.4, -0.2) is 31.3 Å². The van der Waals surface area contributed by atoms with Gasteiger partial charge in [0.05, 0.1) is 12.8 Å². The molecule has 0 amide bonds. The van der Waals surface area contributed by atoms with Crippen LogP contribution < -0.4 is 10.5 Å². The first-order chi connectivity index (χ1) is 6.76. The maximum atomic E-state index is 12.5. The highest BCUT2D eigenvalue weighted by molar-refractivity contribution is 5.11. The quantitative estimate of drug-likeness (QED) is 0.755. The first-order valence-electron chi connectivity index (χ1n) is 4.23. The fourth-order valence-electron chi connectivity index (χ4n) is 0.939. The molecule has 0 spiro atoms. The molecule has 0 saturated heterocycles. The summed E-state index contributed by atoms with van der Waals surface area (Å²) in [6.07, 6.45) is 0.841. The Bertz CT molecular complexity index is 266. The summed E-state index contributed by atoms with van der Waals surface area (Å²) in [5, 5.41) is 0. The highest BCUT2D eigenvalue weighted by atomic mass is 19.1. The second kappa shape index (κ2) is 5.51. The summed E-state index contributed by atoms with van der Waals surface area (Å²) < 4.78 is 22.7. The molecule has 1 heterocycles. The topological polar surface area (TPSA) is 57.4 Å². The van der Waals surface area contributed by atoms with E-state index < -0.39 is 5.82 Å². The molecular formula is C9H13FN2O2. The van der Waals surface area contributed by atoms with E-state index >= 15 is 0 Å². The van der Waals surface area contributed by atoms with Crippen LogP contribution in [0.25, 0.3) is 0 Å². The van der Waals surface area contributed by atoms with Crippen molar-refractivity contribution in [2.45, 2.75) is 6.10 Å². The predicted octanol–water partition coefficient (Wildman–Crippen LogP) is 0.573. The third-order valence-electron chi connectivity index (χ3n) is 1.60. The minimum Gasteiger partial charge on any atom is -0.471 e. The van der Waals surface area contributed by atoms with Crippen molar-refractivity contribution in [2.24, 2.45) is 5.73 Å². The van der Waals surface area contributed by atoms with Gasteiger partial charge < -0.3 is 15.2 Å². The van der Waals surface area contributed by atoms with Crippen molar-refractivity contribution in [1.82, 2.24) is 4.98 Å². The monoisotopic (exact) mass is 200 g/mol. The van der Waals surface area contributed by atoms with E-state index in [0.29, 0.717) is 19.0 Å². The third kappa shape index (κ3) is 3.27. The second-order valence-corrected chi connectivity index (χ2v) is 2.75. The zero-order valence-electron chi connectivity index (χ0n) is 7.94. The van der Waals surface area contributed by atoms with E-state index in [4.69, 9.17) is 15.2 Å². The number of nitrogens with zero attached hydrogens (tertiary/aromatic N) is 1. The number of halogens is 1. The molecule has 14 heavy (non-hydrogen) atoms. The molecule has 0 aromatic carbocycles. The minimum atomic E-state index is -0.395. The maximum absolute atomic E-state index is 12.5. The third-order valence-corrected chi connectivity index (χ3v) is 1.60. The number of aromatic nitrogens is 1. The van der Waals surface area contributed by atoms with Crippen LogP contribution in [-0.2, 0) is 4.74 Å². The Labute approximate surface area is 81.8 Å². The molecule has 78 valence electrons. The zero-order valence-corrected chi connectivity index (χ0v) is 7.94. The SMILES string of the molecule is COC[C@@H](CN)Oc1ccc(F)cn1. The van der Waals surface area contributed by atoms with Crippen LogP contribution in [0, 0.1) is 5.82 Å². The van der Waals surface area contributed by atoms with Gasteiger partial charge in [0.2, 0.25) is 5.88 Å². The Balaban J connectivity index is 2.53. The predicted molar refractivity (Wildman–Crippen MR) is 49.5 cm³/mol. The molecule has 0 unspecified atom stereocenters. The molecule has 1 rings (SSSR count). The summed E-state index contributed by atoms with van der Waals surface area (Å²) in [5.41, 5.74) is 5.43. The van der Waals surface area contributed by atoms with Crippen LogP contribution in [0.5, 0.6) is 5.88 Å². The molecule has 0 bridgehead atoms. The molecule has 2 N–H and O–H groups in total. The molecule has 0 radical (unpaired) electrons. The molecule has 0 saturated carbocycles.